The number of hydrogen-bond donors (Lipinski definition) is 0. The smallest absolute Gasteiger partial charge is 0.271 e. The van der Waals surface area contributed by atoms with Crippen molar-refractivity contribution in [1.82, 2.24) is 4.90 Å². The number of methoxy groups -OCH3 is 1. The van der Waals surface area contributed by atoms with E-state index in [0.29, 0.717) is 0 Å². The van der Waals surface area contributed by atoms with Crippen molar-refractivity contribution in [3.8, 4) is 5.75 Å². The van der Waals surface area contributed by atoms with E-state index in [1.807, 2.05) is 30.3 Å². The van der Waals surface area contributed by atoms with Crippen LogP contribution in [0.15, 0.2) is 48.7 Å². The molecule has 0 radical (unpaired) electrons. The average Bonchev–Trinajstić information content (AvgIpc) is 3.26. The van der Waals surface area contributed by atoms with E-state index < -0.39 is 40.7 Å². The number of anilines is 1. The Balaban J connectivity index is 1.66. The first-order chi connectivity index (χ1) is 15.3. The van der Waals surface area contributed by atoms with Gasteiger partial charge in [-0.05, 0) is 30.2 Å². The van der Waals surface area contributed by atoms with Crippen LogP contribution in [0, 0.1) is 22.0 Å². The summed E-state index contributed by atoms with van der Waals surface area (Å²) in [5.74, 6) is -2.81. The molecule has 0 unspecified atom stereocenters. The summed E-state index contributed by atoms with van der Waals surface area (Å²) >= 11 is 0. The lowest BCUT2D eigenvalue weighted by molar-refractivity contribution is -0.384. The summed E-state index contributed by atoms with van der Waals surface area (Å²) in [5.41, 5.74) is 1.53. The minimum Gasteiger partial charge on any atom is -0.495 e. The number of benzene rings is 2. The van der Waals surface area contributed by atoms with Gasteiger partial charge in [-0.3, -0.25) is 24.5 Å². The molecule has 3 aliphatic rings. The molecule has 0 saturated carbocycles. The highest BCUT2D eigenvalue weighted by molar-refractivity contribution is 6.24. The van der Waals surface area contributed by atoms with Gasteiger partial charge in [0, 0.05) is 18.3 Å². The Morgan fingerprint density at radius 3 is 2.50 bits per heavy atom. The molecule has 3 aliphatic heterocycles. The second-order valence-corrected chi connectivity index (χ2v) is 8.07. The number of fused-ring (bicyclic) bond motifs is 5. The number of hydrogen-bond acceptors (Lipinski definition) is 7. The molecule has 2 saturated heterocycles. The quantitative estimate of drug-likeness (QED) is 0.414. The van der Waals surface area contributed by atoms with Crippen LogP contribution in [0.2, 0.25) is 0 Å². The van der Waals surface area contributed by atoms with E-state index in [-0.39, 0.29) is 22.9 Å². The molecule has 0 bridgehead atoms. The van der Waals surface area contributed by atoms with Crippen LogP contribution in [0.4, 0.5) is 11.4 Å². The number of imide groups is 1. The molecule has 0 aliphatic carbocycles. The number of carbonyl (C=O) groups is 3. The molecule has 9 nitrogen and oxygen atoms in total. The van der Waals surface area contributed by atoms with Crippen LogP contribution >= 0.6 is 0 Å². The third-order valence-corrected chi connectivity index (χ3v) is 6.49. The van der Waals surface area contributed by atoms with Crippen molar-refractivity contribution in [1.29, 1.82) is 0 Å². The Kier molecular flexibility index (Phi) is 4.37. The van der Waals surface area contributed by atoms with Crippen LogP contribution in [0.5, 0.6) is 5.75 Å². The maximum Gasteiger partial charge on any atom is 0.271 e. The zero-order valence-electron chi connectivity index (χ0n) is 17.3. The first kappa shape index (κ1) is 19.9. The van der Waals surface area contributed by atoms with E-state index in [4.69, 9.17) is 4.74 Å². The van der Waals surface area contributed by atoms with E-state index >= 15 is 0 Å². The second-order valence-electron chi connectivity index (χ2n) is 8.07. The first-order valence-corrected chi connectivity index (χ1v) is 10.1. The van der Waals surface area contributed by atoms with Crippen LogP contribution in [0.25, 0.3) is 6.08 Å². The summed E-state index contributed by atoms with van der Waals surface area (Å²) in [6, 6.07) is 10.0. The van der Waals surface area contributed by atoms with Crippen LogP contribution in [0.3, 0.4) is 0 Å². The minimum absolute atomic E-state index is 0.0135. The van der Waals surface area contributed by atoms with Crippen molar-refractivity contribution in [2.24, 2.45) is 11.8 Å². The lowest BCUT2D eigenvalue weighted by atomic mass is 9.84. The molecule has 32 heavy (non-hydrogen) atoms. The fraction of sp³-hybridized carbons (Fsp3) is 0.261. The summed E-state index contributed by atoms with van der Waals surface area (Å²) in [6.07, 6.45) is 3.65. The molecule has 9 heteroatoms. The van der Waals surface area contributed by atoms with Gasteiger partial charge in [-0.2, -0.15) is 0 Å². The summed E-state index contributed by atoms with van der Waals surface area (Å²) in [6.45, 7) is 1.41. The van der Waals surface area contributed by atoms with Crippen LogP contribution in [-0.2, 0) is 14.4 Å². The molecule has 5 rings (SSSR count). The molecule has 3 heterocycles. The summed E-state index contributed by atoms with van der Waals surface area (Å²) < 4.78 is 5.29. The van der Waals surface area contributed by atoms with Crippen LogP contribution in [0.1, 0.15) is 24.1 Å². The molecular formula is C23H19N3O6. The lowest BCUT2D eigenvalue weighted by Gasteiger charge is -2.35. The molecular weight excluding hydrogens is 414 g/mol. The number of nitro groups is 1. The van der Waals surface area contributed by atoms with Gasteiger partial charge in [0.25, 0.3) is 5.69 Å². The fourth-order valence-corrected chi connectivity index (χ4v) is 5.23. The zero-order valence-corrected chi connectivity index (χ0v) is 17.3. The van der Waals surface area contributed by atoms with Gasteiger partial charge in [-0.25, -0.2) is 4.90 Å². The van der Waals surface area contributed by atoms with Gasteiger partial charge < -0.3 is 9.64 Å². The van der Waals surface area contributed by atoms with Gasteiger partial charge in [0.15, 0.2) is 5.78 Å². The van der Waals surface area contributed by atoms with Gasteiger partial charge in [0.1, 0.15) is 11.4 Å². The predicted molar refractivity (Wildman–Crippen MR) is 114 cm³/mol. The van der Waals surface area contributed by atoms with E-state index in [0.717, 1.165) is 22.1 Å². The number of carbonyl (C=O) groups excluding carboxylic acids is 3. The molecule has 2 amide bonds. The van der Waals surface area contributed by atoms with Crippen molar-refractivity contribution in [3.05, 3.63) is 69.9 Å². The summed E-state index contributed by atoms with van der Waals surface area (Å²) in [7, 11) is 1.36. The van der Waals surface area contributed by atoms with Crippen LogP contribution in [-0.4, -0.2) is 40.6 Å². The van der Waals surface area contributed by atoms with E-state index in [9.17, 15) is 24.5 Å². The van der Waals surface area contributed by atoms with E-state index in [2.05, 4.69) is 0 Å². The van der Waals surface area contributed by atoms with Crippen molar-refractivity contribution >= 4 is 35.0 Å². The Hall–Kier alpha value is -4.01. The normalized spacial score (nSPS) is 25.4. The molecule has 2 aromatic rings. The molecule has 2 fully saturated rings. The Morgan fingerprint density at radius 2 is 1.81 bits per heavy atom. The van der Waals surface area contributed by atoms with Gasteiger partial charge in [0.05, 0.1) is 36.0 Å². The number of amides is 2. The van der Waals surface area contributed by atoms with Crippen molar-refractivity contribution in [2.45, 2.75) is 19.0 Å². The first-order valence-electron chi connectivity index (χ1n) is 10.1. The number of rotatable bonds is 4. The topological polar surface area (TPSA) is 110 Å². The Bertz CT molecular complexity index is 1220. The lowest BCUT2D eigenvalue weighted by Crippen LogP contribution is -2.43. The molecule has 4 atom stereocenters. The summed E-state index contributed by atoms with van der Waals surface area (Å²) in [4.78, 5) is 53.4. The standard InChI is InChI=1S/C23H19N3O6/c1-12(27)20-18-19(21-15-6-4-3-5-13(15)9-10-24(20)21)23(29)25(22(18)28)16-11-14(26(30)31)7-8-17(16)32-2/h3-11,18-21H,1-2H3/t18-,19-,20-,21+/m0/s1. The van der Waals surface area contributed by atoms with Crippen molar-refractivity contribution < 1.29 is 24.0 Å². The Labute approximate surface area is 183 Å². The van der Waals surface area contributed by atoms with Gasteiger partial charge >= 0.3 is 0 Å². The number of non-ortho nitro benzene ring substituents is 1. The van der Waals surface area contributed by atoms with Crippen LogP contribution < -0.4 is 9.64 Å². The number of Topliss-reactive ketones (excluding diaryl/α,β-unsaturated/α-hetero) is 1. The molecule has 0 aromatic heterocycles. The fourth-order valence-electron chi connectivity index (χ4n) is 5.23. The molecule has 0 spiro atoms. The largest absolute Gasteiger partial charge is 0.495 e. The monoisotopic (exact) mass is 433 g/mol. The highest BCUT2D eigenvalue weighted by Gasteiger charge is 2.64. The maximum absolute atomic E-state index is 13.7. The van der Waals surface area contributed by atoms with Crippen molar-refractivity contribution in [2.75, 3.05) is 12.0 Å². The third kappa shape index (κ3) is 2.60. The third-order valence-electron chi connectivity index (χ3n) is 6.49. The number of ketones is 1. The minimum atomic E-state index is -0.898. The zero-order chi connectivity index (χ0) is 22.7. The summed E-state index contributed by atoms with van der Waals surface area (Å²) in [5, 5.41) is 11.3. The Morgan fingerprint density at radius 1 is 1.09 bits per heavy atom. The highest BCUT2D eigenvalue weighted by Crippen LogP contribution is 2.54. The molecule has 162 valence electrons. The van der Waals surface area contributed by atoms with E-state index in [1.165, 1.54) is 26.2 Å². The van der Waals surface area contributed by atoms with Gasteiger partial charge in [0.2, 0.25) is 11.8 Å². The van der Waals surface area contributed by atoms with Gasteiger partial charge in [-0.15, -0.1) is 0 Å². The average molecular weight is 433 g/mol. The SMILES string of the molecule is COc1ccc([N+](=O)[O-])cc1N1C(=O)[C@H]2[C@H](C1=O)[C@H](C(C)=O)N1C=Cc3ccccc3[C@H]21. The predicted octanol–water partition coefficient (Wildman–Crippen LogP) is 2.71. The van der Waals surface area contributed by atoms with Gasteiger partial charge in [-0.1, -0.05) is 24.3 Å². The maximum atomic E-state index is 13.7. The molecule has 2 aromatic carbocycles. The number of nitro benzene ring substituents is 1. The van der Waals surface area contributed by atoms with Crippen molar-refractivity contribution in [3.63, 3.8) is 0 Å². The number of ether oxygens (including phenoxy) is 1. The molecule has 0 N–H and O–H groups in total. The highest BCUT2D eigenvalue weighted by atomic mass is 16.6. The number of nitrogens with zero attached hydrogens (tertiary/aromatic N) is 3. The van der Waals surface area contributed by atoms with E-state index in [1.54, 1.807) is 11.1 Å². The second kappa shape index (κ2) is 7.01.